The van der Waals surface area contributed by atoms with Gasteiger partial charge in [-0.25, -0.2) is 0 Å². The normalized spacial score (nSPS) is 11.0. The van der Waals surface area contributed by atoms with Crippen molar-refractivity contribution < 1.29 is 14.2 Å². The summed E-state index contributed by atoms with van der Waals surface area (Å²) < 4.78 is 18.3. The molecule has 15 heteroatoms. The van der Waals surface area contributed by atoms with E-state index in [2.05, 4.69) is 31.6 Å². The van der Waals surface area contributed by atoms with E-state index in [1.54, 1.807) is 18.6 Å². The number of nitrogens with one attached hydrogen (secondary N) is 3. The molecule has 0 radical (unpaired) electrons. The maximum Gasteiger partial charge on any atom is 0.184 e. The van der Waals surface area contributed by atoms with Crippen LogP contribution < -0.4 is 47.7 Å². The quantitative estimate of drug-likeness (QED) is 0.0600. The topological polar surface area (TPSA) is 179 Å². The maximum atomic E-state index is 6.10. The number of hydrogen-bond acceptors (Lipinski definition) is 9. The Labute approximate surface area is 294 Å². The zero-order chi connectivity index (χ0) is 34.1. The molecule has 0 aromatic heterocycles. The van der Waals surface area contributed by atoms with E-state index < -0.39 is 0 Å². The summed E-state index contributed by atoms with van der Waals surface area (Å²) in [6, 6.07) is 28.6. The number of thiocarbonyl (C=S) groups is 3. The van der Waals surface area contributed by atoms with Crippen molar-refractivity contribution in [3.05, 3.63) is 124 Å². The summed E-state index contributed by atoms with van der Waals surface area (Å²) in [6.07, 6.45) is 4.85. The molecule has 0 amide bonds. The minimum absolute atomic E-state index is 0.0971. The van der Waals surface area contributed by atoms with Crippen molar-refractivity contribution in [2.75, 3.05) is 0 Å². The van der Waals surface area contributed by atoms with Gasteiger partial charge < -0.3 is 31.4 Å². The Morgan fingerprint density at radius 1 is 0.479 bits per heavy atom. The number of benzene rings is 4. The molecule has 0 aliphatic heterocycles. The first-order valence-electron chi connectivity index (χ1n) is 14.3. The Hall–Kier alpha value is -5.64. The van der Waals surface area contributed by atoms with Crippen molar-refractivity contribution in [1.82, 2.24) is 16.3 Å². The third-order valence-corrected chi connectivity index (χ3v) is 6.41. The zero-order valence-corrected chi connectivity index (χ0v) is 28.0. The van der Waals surface area contributed by atoms with Crippen LogP contribution >= 0.6 is 36.7 Å². The van der Waals surface area contributed by atoms with Crippen molar-refractivity contribution >= 4 is 70.6 Å². The molecule has 4 rings (SSSR count). The second kappa shape index (κ2) is 18.5. The van der Waals surface area contributed by atoms with E-state index >= 15 is 0 Å². The molecule has 48 heavy (non-hydrogen) atoms. The molecule has 12 nitrogen and oxygen atoms in total. The van der Waals surface area contributed by atoms with Crippen LogP contribution in [0, 0.1) is 0 Å². The lowest BCUT2D eigenvalue weighted by atomic mass is 10.1. The molecule has 9 N–H and O–H groups in total. The Balaban J connectivity index is 1.43. The van der Waals surface area contributed by atoms with Gasteiger partial charge in [0.1, 0.15) is 37.1 Å². The largest absolute Gasteiger partial charge is 0.489 e. The molecule has 0 fully saturated rings. The van der Waals surface area contributed by atoms with Crippen molar-refractivity contribution in [2.24, 2.45) is 32.5 Å². The van der Waals surface area contributed by atoms with E-state index in [4.69, 9.17) is 68.1 Å². The summed E-state index contributed by atoms with van der Waals surface area (Å²) in [7, 11) is 0. The van der Waals surface area contributed by atoms with Gasteiger partial charge in [-0.2, -0.15) is 15.3 Å². The van der Waals surface area contributed by atoms with Gasteiger partial charge in [-0.05, 0) is 161 Å². The third kappa shape index (κ3) is 13.0. The molecule has 0 heterocycles. The number of nitrogens with two attached hydrogens (primary N) is 3. The van der Waals surface area contributed by atoms with Crippen LogP contribution in [0.25, 0.3) is 0 Å². The van der Waals surface area contributed by atoms with Crippen LogP contribution in [0.3, 0.4) is 0 Å². The molecule has 0 saturated carbocycles. The van der Waals surface area contributed by atoms with Crippen molar-refractivity contribution in [1.29, 1.82) is 0 Å². The fraction of sp³-hybridized carbons (Fsp3) is 0.0909. The number of rotatable bonds is 15. The Morgan fingerprint density at radius 2 is 0.729 bits per heavy atom. The van der Waals surface area contributed by atoms with Gasteiger partial charge in [0.2, 0.25) is 0 Å². The molecule has 0 bridgehead atoms. The van der Waals surface area contributed by atoms with Crippen LogP contribution in [0.15, 0.2) is 106 Å². The lowest BCUT2D eigenvalue weighted by molar-refractivity contribution is 0.293. The minimum atomic E-state index is 0.0971. The molecule has 0 spiro atoms. The molecule has 246 valence electrons. The van der Waals surface area contributed by atoms with Crippen LogP contribution in [0.1, 0.15) is 33.4 Å². The molecule has 0 aliphatic carbocycles. The molecular formula is C33H33N9O3S3. The molecule has 0 atom stereocenters. The minimum Gasteiger partial charge on any atom is -0.489 e. The van der Waals surface area contributed by atoms with Crippen molar-refractivity contribution in [2.45, 2.75) is 19.8 Å². The number of nitrogens with zero attached hydrogens (tertiary/aromatic N) is 3. The van der Waals surface area contributed by atoms with E-state index in [1.807, 2.05) is 91.0 Å². The zero-order valence-electron chi connectivity index (χ0n) is 25.5. The third-order valence-electron chi connectivity index (χ3n) is 6.13. The molecule has 4 aromatic carbocycles. The van der Waals surface area contributed by atoms with Crippen molar-refractivity contribution in [3.63, 3.8) is 0 Å². The SMILES string of the molecule is NC(=S)N/N=C/c1ccc(OCc2cc(COc3ccc(/C=N/NC(N)=S)cc3)cc(COc3ccc(/C=N/NC(N)=S)cc3)c2)cc1. The first kappa shape index (κ1) is 35.2. The molecule has 4 aromatic rings. The summed E-state index contributed by atoms with van der Waals surface area (Å²) in [5.74, 6) is 2.11. The highest BCUT2D eigenvalue weighted by atomic mass is 32.1. The highest BCUT2D eigenvalue weighted by Crippen LogP contribution is 2.20. The average Bonchev–Trinajstić information content (AvgIpc) is 3.07. The summed E-state index contributed by atoms with van der Waals surface area (Å²) in [6.45, 7) is 1.000. The van der Waals surface area contributed by atoms with Gasteiger partial charge in [0, 0.05) is 0 Å². The standard InChI is InChI=1S/C33H33N9O3S3/c34-31(46)40-37-16-22-1-7-28(8-2-22)43-19-25-13-26(20-44-29-9-3-23(4-10-29)17-38-41-32(35)47)15-27(14-25)21-45-30-11-5-24(6-12-30)18-39-42-33(36)48/h1-18H,19-21H2,(H3,34,40,46)(H3,35,41,47)(H3,36,42,48)/b37-16+,38-17+,39-18+. The summed E-state index contributed by atoms with van der Waals surface area (Å²) in [5.41, 5.74) is 29.2. The van der Waals surface area contributed by atoms with E-state index in [9.17, 15) is 0 Å². The number of ether oxygens (including phenoxy) is 3. The predicted molar refractivity (Wildman–Crippen MR) is 201 cm³/mol. The first-order valence-corrected chi connectivity index (χ1v) is 15.5. The average molecular weight is 700 g/mol. The second-order valence-corrected chi connectivity index (χ2v) is 11.3. The van der Waals surface area contributed by atoms with Crippen LogP contribution in [0.4, 0.5) is 0 Å². The monoisotopic (exact) mass is 699 g/mol. The predicted octanol–water partition coefficient (Wildman–Crippen LogP) is 3.92. The highest BCUT2D eigenvalue weighted by Gasteiger charge is 2.07. The number of hydrazone groups is 3. The Morgan fingerprint density at radius 3 is 0.958 bits per heavy atom. The first-order chi connectivity index (χ1) is 23.2. The van der Waals surface area contributed by atoms with Crippen LogP contribution in [0.5, 0.6) is 17.2 Å². The van der Waals surface area contributed by atoms with E-state index in [0.29, 0.717) is 37.1 Å². The van der Waals surface area contributed by atoms with Crippen molar-refractivity contribution in [3.8, 4) is 17.2 Å². The highest BCUT2D eigenvalue weighted by molar-refractivity contribution is 7.80. The fourth-order valence-corrected chi connectivity index (χ4v) is 4.21. The summed E-state index contributed by atoms with van der Waals surface area (Å²) in [5, 5.41) is 12.2. The lowest BCUT2D eigenvalue weighted by Crippen LogP contribution is -2.23. The van der Waals surface area contributed by atoms with Crippen LogP contribution in [-0.2, 0) is 19.8 Å². The van der Waals surface area contributed by atoms with E-state index in [1.165, 1.54) is 0 Å². The van der Waals surface area contributed by atoms with Crippen LogP contribution in [0.2, 0.25) is 0 Å². The van der Waals surface area contributed by atoms with Gasteiger partial charge in [-0.3, -0.25) is 16.3 Å². The molecule has 0 unspecified atom stereocenters. The Bertz CT molecular complexity index is 1560. The lowest BCUT2D eigenvalue weighted by Gasteiger charge is -2.13. The van der Waals surface area contributed by atoms with Gasteiger partial charge in [0.25, 0.3) is 0 Å². The van der Waals surface area contributed by atoms with Gasteiger partial charge >= 0.3 is 0 Å². The summed E-state index contributed by atoms with van der Waals surface area (Å²) >= 11 is 14.3. The molecule has 0 saturated heterocycles. The summed E-state index contributed by atoms with van der Waals surface area (Å²) in [4.78, 5) is 0. The smallest absolute Gasteiger partial charge is 0.184 e. The van der Waals surface area contributed by atoms with Gasteiger partial charge in [-0.15, -0.1) is 0 Å². The number of hydrogen-bond donors (Lipinski definition) is 6. The second-order valence-electron chi connectivity index (χ2n) is 9.93. The fourth-order valence-electron chi connectivity index (χ4n) is 4.05. The Kier molecular flexibility index (Phi) is 13.6. The molecule has 0 aliphatic rings. The van der Waals surface area contributed by atoms with E-state index in [0.717, 1.165) is 33.4 Å². The van der Waals surface area contributed by atoms with Gasteiger partial charge in [-0.1, -0.05) is 0 Å². The van der Waals surface area contributed by atoms with Crippen LogP contribution in [-0.4, -0.2) is 34.0 Å². The molecular weight excluding hydrogens is 667 g/mol. The van der Waals surface area contributed by atoms with Gasteiger partial charge in [0.05, 0.1) is 18.6 Å². The van der Waals surface area contributed by atoms with E-state index in [-0.39, 0.29) is 15.3 Å². The van der Waals surface area contributed by atoms with Gasteiger partial charge in [0.15, 0.2) is 15.3 Å². The maximum absolute atomic E-state index is 6.10.